The van der Waals surface area contributed by atoms with E-state index in [-0.39, 0.29) is 5.69 Å². The number of rotatable bonds is 4. The summed E-state index contributed by atoms with van der Waals surface area (Å²) in [5.74, 6) is -1.02. The van der Waals surface area contributed by atoms with Gasteiger partial charge in [-0.2, -0.15) is 18.3 Å². The van der Waals surface area contributed by atoms with Gasteiger partial charge in [0.25, 0.3) is 5.91 Å². The molecule has 1 fully saturated rings. The van der Waals surface area contributed by atoms with Crippen LogP contribution in [0.25, 0.3) is 5.69 Å². The van der Waals surface area contributed by atoms with Gasteiger partial charge in [0.2, 0.25) is 0 Å². The van der Waals surface area contributed by atoms with Crippen LogP contribution < -0.4 is 10.6 Å². The molecule has 2 N–H and O–H groups in total. The second-order valence-electron chi connectivity index (χ2n) is 7.41. The van der Waals surface area contributed by atoms with Crippen molar-refractivity contribution >= 4 is 11.6 Å². The van der Waals surface area contributed by atoms with Crippen molar-refractivity contribution in [2.24, 2.45) is 0 Å². The summed E-state index contributed by atoms with van der Waals surface area (Å²) < 4.78 is 54.5. The lowest BCUT2D eigenvalue weighted by molar-refractivity contribution is -0.141. The van der Waals surface area contributed by atoms with E-state index in [0.29, 0.717) is 11.6 Å². The molecule has 5 nitrogen and oxygen atoms in total. The van der Waals surface area contributed by atoms with E-state index < -0.39 is 29.2 Å². The van der Waals surface area contributed by atoms with Crippen LogP contribution in [-0.2, 0) is 6.18 Å². The van der Waals surface area contributed by atoms with Gasteiger partial charge >= 0.3 is 6.18 Å². The van der Waals surface area contributed by atoms with Crippen molar-refractivity contribution in [2.75, 3.05) is 18.4 Å². The van der Waals surface area contributed by atoms with Crippen LogP contribution in [0.4, 0.5) is 23.2 Å². The second kappa shape index (κ2) is 8.50. The number of aromatic nitrogens is 2. The highest BCUT2D eigenvalue weighted by molar-refractivity contribution is 6.05. The van der Waals surface area contributed by atoms with Crippen LogP contribution >= 0.6 is 0 Å². The van der Waals surface area contributed by atoms with E-state index in [0.717, 1.165) is 54.5 Å². The Bertz CT molecular complexity index is 1050. The predicted molar refractivity (Wildman–Crippen MR) is 108 cm³/mol. The fourth-order valence-electron chi connectivity index (χ4n) is 3.67. The molecule has 1 amide bonds. The summed E-state index contributed by atoms with van der Waals surface area (Å²) in [5.41, 5.74) is -0.179. The average Bonchev–Trinajstić information content (AvgIpc) is 3.22. The van der Waals surface area contributed by atoms with Gasteiger partial charge in [0, 0.05) is 11.9 Å². The monoisotopic (exact) mass is 432 g/mol. The quantitative estimate of drug-likeness (QED) is 0.585. The van der Waals surface area contributed by atoms with Gasteiger partial charge in [0.05, 0.1) is 11.3 Å². The maximum Gasteiger partial charge on any atom is 0.435 e. The zero-order valence-corrected chi connectivity index (χ0v) is 16.4. The van der Waals surface area contributed by atoms with Gasteiger partial charge in [-0.25, -0.2) is 9.07 Å². The van der Waals surface area contributed by atoms with Gasteiger partial charge in [-0.05, 0) is 73.8 Å². The van der Waals surface area contributed by atoms with E-state index in [9.17, 15) is 22.4 Å². The number of alkyl halides is 3. The Labute approximate surface area is 176 Å². The van der Waals surface area contributed by atoms with Crippen LogP contribution in [-0.4, -0.2) is 28.8 Å². The minimum Gasteiger partial charge on any atom is -0.322 e. The van der Waals surface area contributed by atoms with Crippen molar-refractivity contribution < 1.29 is 22.4 Å². The molecule has 0 spiro atoms. The van der Waals surface area contributed by atoms with Gasteiger partial charge in [0.15, 0.2) is 5.69 Å². The van der Waals surface area contributed by atoms with Gasteiger partial charge < -0.3 is 10.6 Å². The first-order valence-corrected chi connectivity index (χ1v) is 9.86. The number of piperidine rings is 1. The molecule has 1 saturated heterocycles. The Morgan fingerprint density at radius 2 is 1.68 bits per heavy atom. The molecule has 1 aliphatic rings. The number of hydrogen-bond donors (Lipinski definition) is 2. The van der Waals surface area contributed by atoms with Crippen LogP contribution in [0.3, 0.4) is 0 Å². The average molecular weight is 432 g/mol. The minimum absolute atomic E-state index is 0.206. The normalized spacial score (nSPS) is 15.1. The highest BCUT2D eigenvalue weighted by Crippen LogP contribution is 2.32. The second-order valence-corrected chi connectivity index (χ2v) is 7.41. The molecular formula is C22H20F4N4O. The number of halogens is 4. The number of benzene rings is 2. The lowest BCUT2D eigenvalue weighted by Gasteiger charge is -2.23. The molecule has 162 valence electrons. The summed E-state index contributed by atoms with van der Waals surface area (Å²) in [7, 11) is 0. The molecule has 0 atom stereocenters. The summed E-state index contributed by atoms with van der Waals surface area (Å²) in [6, 6.07) is 11.9. The predicted octanol–water partition coefficient (Wildman–Crippen LogP) is 4.75. The number of nitrogens with zero attached hydrogens (tertiary/aromatic N) is 2. The molecular weight excluding hydrogens is 412 g/mol. The van der Waals surface area contributed by atoms with E-state index in [1.54, 1.807) is 12.1 Å². The molecule has 1 aromatic heterocycles. The number of carbonyl (C=O) groups excluding carboxylic acids is 1. The Morgan fingerprint density at radius 1 is 1.03 bits per heavy atom. The van der Waals surface area contributed by atoms with Crippen LogP contribution in [0.1, 0.15) is 40.4 Å². The van der Waals surface area contributed by atoms with E-state index in [1.807, 2.05) is 12.1 Å². The fourth-order valence-corrected chi connectivity index (χ4v) is 3.67. The maximum atomic E-state index is 13.5. The molecule has 0 bridgehead atoms. The van der Waals surface area contributed by atoms with E-state index in [1.165, 1.54) is 12.1 Å². The maximum absolute atomic E-state index is 13.5. The standard InChI is InChI=1S/C22H20F4N4O/c23-16-3-7-18(8-4-16)30-13-19(20(29-30)22(24,25)26)21(31)28-17-5-1-14(2-6-17)15-9-11-27-12-10-15/h1-8,13,15,27H,9-12H2,(H,28,31). The molecule has 1 aliphatic heterocycles. The Balaban J connectivity index is 1.56. The first-order valence-electron chi connectivity index (χ1n) is 9.86. The van der Waals surface area contributed by atoms with E-state index in [4.69, 9.17) is 0 Å². The summed E-state index contributed by atoms with van der Waals surface area (Å²) in [5, 5.41) is 9.33. The van der Waals surface area contributed by atoms with Crippen molar-refractivity contribution in [1.82, 2.24) is 15.1 Å². The Kier molecular flexibility index (Phi) is 5.77. The highest BCUT2D eigenvalue weighted by Gasteiger charge is 2.39. The molecule has 0 unspecified atom stereocenters. The van der Waals surface area contributed by atoms with Crippen molar-refractivity contribution in [1.29, 1.82) is 0 Å². The van der Waals surface area contributed by atoms with Crippen molar-refractivity contribution in [3.63, 3.8) is 0 Å². The lowest BCUT2D eigenvalue weighted by atomic mass is 9.90. The summed E-state index contributed by atoms with van der Waals surface area (Å²) in [6.07, 6.45) is -1.79. The molecule has 4 rings (SSSR count). The van der Waals surface area contributed by atoms with E-state index in [2.05, 4.69) is 15.7 Å². The molecule has 0 radical (unpaired) electrons. The van der Waals surface area contributed by atoms with Crippen LogP contribution in [0.15, 0.2) is 54.7 Å². The largest absolute Gasteiger partial charge is 0.435 e. The summed E-state index contributed by atoms with van der Waals surface area (Å²) in [6.45, 7) is 1.89. The third-order valence-corrected chi connectivity index (χ3v) is 5.30. The zero-order valence-electron chi connectivity index (χ0n) is 16.4. The number of hydrogen-bond acceptors (Lipinski definition) is 3. The Morgan fingerprint density at radius 3 is 2.29 bits per heavy atom. The molecule has 0 saturated carbocycles. The number of anilines is 1. The molecule has 9 heteroatoms. The van der Waals surface area contributed by atoms with Gasteiger partial charge in [-0.1, -0.05) is 12.1 Å². The highest BCUT2D eigenvalue weighted by atomic mass is 19.4. The van der Waals surface area contributed by atoms with Crippen LogP contribution in [0, 0.1) is 5.82 Å². The van der Waals surface area contributed by atoms with E-state index >= 15 is 0 Å². The van der Waals surface area contributed by atoms with Crippen LogP contribution in [0.2, 0.25) is 0 Å². The molecule has 0 aliphatic carbocycles. The molecule has 3 aromatic rings. The Hall–Kier alpha value is -3.20. The minimum atomic E-state index is -4.82. The topological polar surface area (TPSA) is 59.0 Å². The lowest BCUT2D eigenvalue weighted by Crippen LogP contribution is -2.26. The van der Waals surface area contributed by atoms with Gasteiger partial charge in [-0.15, -0.1) is 0 Å². The van der Waals surface area contributed by atoms with Gasteiger partial charge in [0.1, 0.15) is 5.82 Å². The molecule has 2 heterocycles. The smallest absolute Gasteiger partial charge is 0.322 e. The number of amides is 1. The van der Waals surface area contributed by atoms with Crippen molar-refractivity contribution in [3.05, 3.63) is 77.4 Å². The first-order chi connectivity index (χ1) is 14.8. The molecule has 2 aromatic carbocycles. The number of nitrogens with one attached hydrogen (secondary N) is 2. The third kappa shape index (κ3) is 4.77. The van der Waals surface area contributed by atoms with Crippen LogP contribution in [0.5, 0.6) is 0 Å². The molecule has 31 heavy (non-hydrogen) atoms. The summed E-state index contributed by atoms with van der Waals surface area (Å²) >= 11 is 0. The first kappa shape index (κ1) is 21.0. The number of carbonyl (C=O) groups is 1. The third-order valence-electron chi connectivity index (χ3n) is 5.30. The van der Waals surface area contributed by atoms with Crippen molar-refractivity contribution in [2.45, 2.75) is 24.9 Å². The fraction of sp³-hybridized carbons (Fsp3) is 0.273. The van der Waals surface area contributed by atoms with Gasteiger partial charge in [-0.3, -0.25) is 4.79 Å². The zero-order chi connectivity index (χ0) is 22.0. The summed E-state index contributed by atoms with van der Waals surface area (Å²) in [4.78, 5) is 12.6. The SMILES string of the molecule is O=C(Nc1ccc(C2CCNCC2)cc1)c1cn(-c2ccc(F)cc2)nc1C(F)(F)F. The van der Waals surface area contributed by atoms with Crippen molar-refractivity contribution in [3.8, 4) is 5.69 Å².